The summed E-state index contributed by atoms with van der Waals surface area (Å²) in [5.74, 6) is 3.93. The first kappa shape index (κ1) is 14.9. The van der Waals surface area contributed by atoms with E-state index in [1.54, 1.807) is 0 Å². The summed E-state index contributed by atoms with van der Waals surface area (Å²) in [6.07, 6.45) is 0. The molecule has 0 radical (unpaired) electrons. The summed E-state index contributed by atoms with van der Waals surface area (Å²) in [6.45, 7) is 7.56. The van der Waals surface area contributed by atoms with Gasteiger partial charge in [-0.1, -0.05) is 0 Å². The van der Waals surface area contributed by atoms with Crippen molar-refractivity contribution < 1.29 is 8.83 Å². The maximum Gasteiger partial charge on any atom is 0.118 e. The summed E-state index contributed by atoms with van der Waals surface area (Å²) in [6, 6.07) is 8.11. The molecule has 0 amide bonds. The summed E-state index contributed by atoms with van der Waals surface area (Å²) in [5.41, 5.74) is 0. The molecule has 0 saturated heterocycles. The molecule has 0 N–H and O–H groups in total. The van der Waals surface area contributed by atoms with Crippen LogP contribution in [0.5, 0.6) is 0 Å². The number of nitrogens with zero attached hydrogens (tertiary/aromatic N) is 2. The normalized spacial score (nSPS) is 11.7. The number of likely N-dealkylation sites (N-methyl/N-ethyl adjacent to an activating group) is 1. The van der Waals surface area contributed by atoms with Crippen molar-refractivity contribution in [3.05, 3.63) is 47.3 Å². The van der Waals surface area contributed by atoms with Crippen LogP contribution in [0.2, 0.25) is 0 Å². The highest BCUT2D eigenvalue weighted by Gasteiger charge is 2.12. The van der Waals surface area contributed by atoms with Gasteiger partial charge in [-0.2, -0.15) is 0 Å². The van der Waals surface area contributed by atoms with Crippen LogP contribution in [-0.4, -0.2) is 37.0 Å². The third-order valence-electron chi connectivity index (χ3n) is 3.21. The van der Waals surface area contributed by atoms with E-state index >= 15 is 0 Å². The Morgan fingerprint density at radius 2 is 1.30 bits per heavy atom. The first-order chi connectivity index (χ1) is 9.52. The standard InChI is InChI=1S/C16H24N2O2/c1-13-5-7-15(19-13)11-18(10-9-17(3)4)12-16-8-6-14(2)20-16/h5-8H,9-12H2,1-4H3. The van der Waals surface area contributed by atoms with Gasteiger partial charge in [0.05, 0.1) is 13.1 Å². The average Bonchev–Trinajstić information content (AvgIpc) is 2.95. The predicted octanol–water partition coefficient (Wildman–Crippen LogP) is 3.05. The van der Waals surface area contributed by atoms with Gasteiger partial charge in [-0.3, -0.25) is 4.90 Å². The van der Waals surface area contributed by atoms with Gasteiger partial charge in [0.1, 0.15) is 23.0 Å². The van der Waals surface area contributed by atoms with Gasteiger partial charge in [-0.05, 0) is 52.2 Å². The molecule has 110 valence electrons. The van der Waals surface area contributed by atoms with Crippen molar-refractivity contribution in [2.45, 2.75) is 26.9 Å². The molecule has 0 aliphatic carbocycles. The summed E-state index contributed by atoms with van der Waals surface area (Å²) in [5, 5.41) is 0. The Morgan fingerprint density at radius 3 is 1.65 bits per heavy atom. The molecule has 2 heterocycles. The largest absolute Gasteiger partial charge is 0.465 e. The Morgan fingerprint density at radius 1 is 0.800 bits per heavy atom. The van der Waals surface area contributed by atoms with E-state index in [1.807, 2.05) is 38.1 Å². The fourth-order valence-electron chi connectivity index (χ4n) is 2.14. The minimum Gasteiger partial charge on any atom is -0.465 e. The van der Waals surface area contributed by atoms with Crippen molar-refractivity contribution in [2.24, 2.45) is 0 Å². The molecule has 2 rings (SSSR count). The van der Waals surface area contributed by atoms with Crippen LogP contribution in [0.15, 0.2) is 33.1 Å². The van der Waals surface area contributed by atoms with E-state index in [9.17, 15) is 0 Å². The SMILES string of the molecule is Cc1ccc(CN(CCN(C)C)Cc2ccc(C)o2)o1. The highest BCUT2D eigenvalue weighted by Crippen LogP contribution is 2.14. The fraction of sp³-hybridized carbons (Fsp3) is 0.500. The van der Waals surface area contributed by atoms with Crippen LogP contribution < -0.4 is 0 Å². The van der Waals surface area contributed by atoms with Gasteiger partial charge < -0.3 is 13.7 Å². The maximum absolute atomic E-state index is 5.68. The molecule has 4 nitrogen and oxygen atoms in total. The first-order valence-corrected chi connectivity index (χ1v) is 7.00. The summed E-state index contributed by atoms with van der Waals surface area (Å²) in [4.78, 5) is 4.53. The molecule has 2 aromatic rings. The van der Waals surface area contributed by atoms with E-state index in [0.717, 1.165) is 49.2 Å². The Hall–Kier alpha value is -1.52. The second-order valence-corrected chi connectivity index (χ2v) is 5.54. The highest BCUT2D eigenvalue weighted by molar-refractivity contribution is 5.07. The highest BCUT2D eigenvalue weighted by atomic mass is 16.3. The van der Waals surface area contributed by atoms with Crippen molar-refractivity contribution in [3.8, 4) is 0 Å². The molecule has 0 saturated carbocycles. The lowest BCUT2D eigenvalue weighted by Gasteiger charge is -2.22. The van der Waals surface area contributed by atoms with E-state index < -0.39 is 0 Å². The first-order valence-electron chi connectivity index (χ1n) is 7.00. The molecule has 0 bridgehead atoms. The van der Waals surface area contributed by atoms with E-state index in [0.29, 0.717) is 0 Å². The van der Waals surface area contributed by atoms with Crippen LogP contribution in [-0.2, 0) is 13.1 Å². The second kappa shape index (κ2) is 6.77. The molecule has 2 aromatic heterocycles. The Labute approximate surface area is 121 Å². The number of furan rings is 2. The van der Waals surface area contributed by atoms with E-state index in [-0.39, 0.29) is 0 Å². The summed E-state index contributed by atoms with van der Waals surface area (Å²) >= 11 is 0. The molecule has 0 atom stereocenters. The minimum absolute atomic E-state index is 0.807. The van der Waals surface area contributed by atoms with Crippen LogP contribution in [0.1, 0.15) is 23.0 Å². The molecular weight excluding hydrogens is 252 g/mol. The van der Waals surface area contributed by atoms with Crippen LogP contribution in [0.4, 0.5) is 0 Å². The molecule has 0 fully saturated rings. The molecule has 0 aliphatic heterocycles. The quantitative estimate of drug-likeness (QED) is 0.778. The lowest BCUT2D eigenvalue weighted by Crippen LogP contribution is -2.30. The zero-order chi connectivity index (χ0) is 14.5. The molecule has 0 unspecified atom stereocenters. The smallest absolute Gasteiger partial charge is 0.118 e. The molecule has 20 heavy (non-hydrogen) atoms. The van der Waals surface area contributed by atoms with Crippen molar-refractivity contribution in [3.63, 3.8) is 0 Å². The third-order valence-corrected chi connectivity index (χ3v) is 3.21. The summed E-state index contributed by atoms with van der Waals surface area (Å²) < 4.78 is 11.4. The van der Waals surface area contributed by atoms with Gasteiger partial charge in [0, 0.05) is 13.1 Å². The van der Waals surface area contributed by atoms with Gasteiger partial charge in [0.2, 0.25) is 0 Å². The number of hydrogen-bond donors (Lipinski definition) is 0. The van der Waals surface area contributed by atoms with Gasteiger partial charge in [0.25, 0.3) is 0 Å². The van der Waals surface area contributed by atoms with Gasteiger partial charge in [-0.25, -0.2) is 0 Å². The van der Waals surface area contributed by atoms with Crippen molar-refractivity contribution >= 4 is 0 Å². The van der Waals surface area contributed by atoms with Gasteiger partial charge in [-0.15, -0.1) is 0 Å². The molecule has 0 aliphatic rings. The van der Waals surface area contributed by atoms with Crippen molar-refractivity contribution in [1.29, 1.82) is 0 Å². The monoisotopic (exact) mass is 276 g/mol. The van der Waals surface area contributed by atoms with Crippen molar-refractivity contribution in [2.75, 3.05) is 27.2 Å². The zero-order valence-electron chi connectivity index (χ0n) is 12.8. The Balaban J connectivity index is 1.99. The van der Waals surface area contributed by atoms with Crippen LogP contribution in [0.25, 0.3) is 0 Å². The Kier molecular flexibility index (Phi) is 5.04. The molecule has 0 spiro atoms. The zero-order valence-corrected chi connectivity index (χ0v) is 12.8. The van der Waals surface area contributed by atoms with Crippen LogP contribution in [0.3, 0.4) is 0 Å². The predicted molar refractivity (Wildman–Crippen MR) is 79.6 cm³/mol. The van der Waals surface area contributed by atoms with Crippen LogP contribution in [0, 0.1) is 13.8 Å². The number of hydrogen-bond acceptors (Lipinski definition) is 4. The molecule has 0 aromatic carbocycles. The maximum atomic E-state index is 5.68. The minimum atomic E-state index is 0.807. The van der Waals surface area contributed by atoms with Crippen molar-refractivity contribution in [1.82, 2.24) is 9.80 Å². The molecule has 4 heteroatoms. The average molecular weight is 276 g/mol. The number of aryl methyl sites for hydroxylation is 2. The van der Waals surface area contributed by atoms with E-state index in [1.165, 1.54) is 0 Å². The van der Waals surface area contributed by atoms with E-state index in [4.69, 9.17) is 8.83 Å². The molecular formula is C16H24N2O2. The Bertz CT molecular complexity index is 486. The second-order valence-electron chi connectivity index (χ2n) is 5.54. The fourth-order valence-corrected chi connectivity index (χ4v) is 2.14. The van der Waals surface area contributed by atoms with Crippen LogP contribution >= 0.6 is 0 Å². The lowest BCUT2D eigenvalue weighted by atomic mass is 10.3. The van der Waals surface area contributed by atoms with E-state index in [2.05, 4.69) is 23.9 Å². The lowest BCUT2D eigenvalue weighted by molar-refractivity contribution is 0.195. The van der Waals surface area contributed by atoms with Gasteiger partial charge >= 0.3 is 0 Å². The number of rotatable bonds is 7. The summed E-state index contributed by atoms with van der Waals surface area (Å²) in [7, 11) is 4.18. The third kappa shape index (κ3) is 4.54. The topological polar surface area (TPSA) is 32.8 Å². The van der Waals surface area contributed by atoms with Gasteiger partial charge in [0.15, 0.2) is 0 Å².